The molecule has 37 heavy (non-hydrogen) atoms. The van der Waals surface area contributed by atoms with E-state index in [0.29, 0.717) is 29.8 Å². The fourth-order valence-corrected chi connectivity index (χ4v) is 5.68. The zero-order valence-electron chi connectivity index (χ0n) is 22.1. The van der Waals surface area contributed by atoms with Gasteiger partial charge >= 0.3 is 0 Å². The van der Waals surface area contributed by atoms with Crippen LogP contribution in [0.4, 0.5) is 5.69 Å². The van der Waals surface area contributed by atoms with Crippen molar-refractivity contribution < 1.29 is 17.9 Å². The molecule has 1 aliphatic rings. The Kier molecular flexibility index (Phi) is 7.64. The van der Waals surface area contributed by atoms with E-state index in [4.69, 9.17) is 19.6 Å². The second-order valence-electron chi connectivity index (χ2n) is 10.8. The quantitative estimate of drug-likeness (QED) is 0.458. The van der Waals surface area contributed by atoms with Gasteiger partial charge in [0.15, 0.2) is 0 Å². The molecular formula is C27H36N4O5S. The smallest absolute Gasteiger partial charge is 0.256 e. The lowest BCUT2D eigenvalue weighted by Crippen LogP contribution is -2.22. The Morgan fingerprint density at radius 3 is 2.57 bits per heavy atom. The SMILES string of the molecule is COCc1ccc(-c2cc(C(C)(C)C)c(OC)c3cc(N4CC[C@@H](CCS(N)(=O)=O)C4)cnc23)c(=O)[nH]1. The predicted molar refractivity (Wildman–Crippen MR) is 147 cm³/mol. The van der Waals surface area contributed by atoms with Crippen LogP contribution in [-0.4, -0.2) is 51.4 Å². The molecule has 1 atom stereocenters. The molecule has 9 nitrogen and oxygen atoms in total. The molecule has 3 N–H and O–H groups in total. The van der Waals surface area contributed by atoms with Crippen molar-refractivity contribution in [3.05, 3.63) is 52.1 Å². The number of pyridine rings is 2. The zero-order valence-corrected chi connectivity index (χ0v) is 22.9. The van der Waals surface area contributed by atoms with Crippen LogP contribution in [0.25, 0.3) is 22.0 Å². The molecule has 0 unspecified atom stereocenters. The van der Waals surface area contributed by atoms with Gasteiger partial charge in [-0.3, -0.25) is 9.78 Å². The maximum Gasteiger partial charge on any atom is 0.256 e. The van der Waals surface area contributed by atoms with Crippen molar-refractivity contribution in [2.45, 2.75) is 45.6 Å². The largest absolute Gasteiger partial charge is 0.496 e. The summed E-state index contributed by atoms with van der Waals surface area (Å²) in [7, 11) is -0.233. The van der Waals surface area contributed by atoms with Crippen molar-refractivity contribution in [3.63, 3.8) is 0 Å². The molecule has 1 saturated heterocycles. The average Bonchev–Trinajstić information content (AvgIpc) is 3.30. The number of sulfonamides is 1. The molecule has 200 valence electrons. The first-order valence-corrected chi connectivity index (χ1v) is 14.1. The summed E-state index contributed by atoms with van der Waals surface area (Å²) in [6.45, 7) is 8.19. The fraction of sp³-hybridized carbons (Fsp3) is 0.481. The van der Waals surface area contributed by atoms with E-state index in [0.717, 1.165) is 47.5 Å². The number of nitrogens with one attached hydrogen (secondary N) is 1. The number of hydrogen-bond donors (Lipinski definition) is 2. The number of nitrogens with two attached hydrogens (primary N) is 1. The second kappa shape index (κ2) is 10.4. The van der Waals surface area contributed by atoms with E-state index in [1.54, 1.807) is 14.2 Å². The summed E-state index contributed by atoms with van der Waals surface area (Å²) < 4.78 is 33.9. The van der Waals surface area contributed by atoms with E-state index in [1.807, 2.05) is 24.4 Å². The highest BCUT2D eigenvalue weighted by atomic mass is 32.2. The lowest BCUT2D eigenvalue weighted by atomic mass is 9.83. The number of aromatic amines is 1. The number of anilines is 1. The molecule has 0 radical (unpaired) electrons. The average molecular weight is 529 g/mol. The zero-order chi connectivity index (χ0) is 27.0. The number of fused-ring (bicyclic) bond motifs is 1. The van der Waals surface area contributed by atoms with Gasteiger partial charge in [0.2, 0.25) is 10.0 Å². The summed E-state index contributed by atoms with van der Waals surface area (Å²) in [5.74, 6) is 0.972. The van der Waals surface area contributed by atoms with E-state index >= 15 is 0 Å². The van der Waals surface area contributed by atoms with E-state index in [-0.39, 0.29) is 22.6 Å². The van der Waals surface area contributed by atoms with Gasteiger partial charge in [0, 0.05) is 48.0 Å². The summed E-state index contributed by atoms with van der Waals surface area (Å²) in [5, 5.41) is 6.03. The first kappa shape index (κ1) is 27.1. The van der Waals surface area contributed by atoms with Crippen LogP contribution in [0.5, 0.6) is 5.75 Å². The third kappa shape index (κ3) is 5.97. The maximum atomic E-state index is 13.1. The Bertz CT molecular complexity index is 1460. The number of aromatic nitrogens is 2. The Labute approximate surface area is 218 Å². The van der Waals surface area contributed by atoms with Gasteiger partial charge in [0.05, 0.1) is 36.9 Å². The summed E-state index contributed by atoms with van der Waals surface area (Å²) >= 11 is 0. The topological polar surface area (TPSA) is 128 Å². The molecular weight excluding hydrogens is 492 g/mol. The summed E-state index contributed by atoms with van der Waals surface area (Å²) in [4.78, 5) is 23.0. The molecule has 1 fully saturated rings. The molecule has 0 spiro atoms. The van der Waals surface area contributed by atoms with Gasteiger partial charge < -0.3 is 19.4 Å². The van der Waals surface area contributed by atoms with Crippen LogP contribution in [0.15, 0.2) is 35.3 Å². The number of H-pyrrole nitrogens is 1. The Hall–Kier alpha value is -2.95. The molecule has 0 aliphatic carbocycles. The van der Waals surface area contributed by atoms with E-state index in [1.165, 1.54) is 0 Å². The van der Waals surface area contributed by atoms with Gasteiger partial charge in [-0.05, 0) is 48.4 Å². The van der Waals surface area contributed by atoms with Crippen LogP contribution in [0, 0.1) is 5.92 Å². The summed E-state index contributed by atoms with van der Waals surface area (Å²) in [5.41, 5.74) is 4.11. The standard InChI is InChI=1S/C27H36N4O5S/c1-27(2,3)23-13-21(20-7-6-18(16-35-4)30-26(20)32)24-22(25(23)36-5)12-19(14-29-24)31-10-8-17(15-31)9-11-37(28,33)34/h6-7,12-14,17H,8-11,15-16H2,1-5H3,(H,30,32)(H2,28,33,34)/t17-/m0/s1. The highest BCUT2D eigenvalue weighted by molar-refractivity contribution is 7.89. The second-order valence-corrected chi connectivity index (χ2v) is 12.5. The molecule has 3 heterocycles. The van der Waals surface area contributed by atoms with Crippen LogP contribution in [0.1, 0.15) is 44.9 Å². The molecule has 4 rings (SSSR count). The predicted octanol–water partition coefficient (Wildman–Crippen LogP) is 3.55. The third-order valence-electron chi connectivity index (χ3n) is 6.94. The monoisotopic (exact) mass is 528 g/mol. The molecule has 0 amide bonds. The normalized spacial score (nSPS) is 16.5. The van der Waals surface area contributed by atoms with Crippen LogP contribution >= 0.6 is 0 Å². The van der Waals surface area contributed by atoms with Crippen molar-refractivity contribution in [1.82, 2.24) is 9.97 Å². The lowest BCUT2D eigenvalue weighted by Gasteiger charge is -2.26. The number of nitrogens with zero attached hydrogens (tertiary/aromatic N) is 2. The molecule has 10 heteroatoms. The number of methoxy groups -OCH3 is 2. The molecule has 2 aromatic heterocycles. The number of hydrogen-bond acceptors (Lipinski definition) is 7. The molecule has 3 aromatic rings. The Morgan fingerprint density at radius 1 is 1.19 bits per heavy atom. The Morgan fingerprint density at radius 2 is 1.95 bits per heavy atom. The first-order valence-electron chi connectivity index (χ1n) is 12.4. The van der Waals surface area contributed by atoms with E-state index in [2.05, 4.69) is 36.7 Å². The third-order valence-corrected chi connectivity index (χ3v) is 7.74. The van der Waals surface area contributed by atoms with Crippen LogP contribution < -0.4 is 20.3 Å². The van der Waals surface area contributed by atoms with Gasteiger partial charge in [-0.2, -0.15) is 0 Å². The van der Waals surface area contributed by atoms with Crippen LogP contribution in [-0.2, 0) is 26.8 Å². The number of rotatable bonds is 8. The summed E-state index contributed by atoms with van der Waals surface area (Å²) in [6, 6.07) is 7.74. The maximum absolute atomic E-state index is 13.1. The first-order chi connectivity index (χ1) is 17.4. The molecule has 0 saturated carbocycles. The van der Waals surface area contributed by atoms with Crippen LogP contribution in [0.2, 0.25) is 0 Å². The van der Waals surface area contributed by atoms with Crippen LogP contribution in [0.3, 0.4) is 0 Å². The number of ether oxygens (including phenoxy) is 2. The highest BCUT2D eigenvalue weighted by Gasteiger charge is 2.27. The van der Waals surface area contributed by atoms with Gasteiger partial charge in [-0.15, -0.1) is 0 Å². The molecule has 1 aliphatic heterocycles. The minimum absolute atomic E-state index is 0.00861. The van der Waals surface area contributed by atoms with Gasteiger partial charge in [-0.1, -0.05) is 20.8 Å². The van der Waals surface area contributed by atoms with Gasteiger partial charge in [-0.25, -0.2) is 13.6 Å². The number of benzene rings is 1. The summed E-state index contributed by atoms with van der Waals surface area (Å²) in [6.07, 6.45) is 3.25. The van der Waals surface area contributed by atoms with Crippen molar-refractivity contribution >= 4 is 26.6 Å². The van der Waals surface area contributed by atoms with Gasteiger partial charge in [0.25, 0.3) is 5.56 Å². The minimum atomic E-state index is -3.47. The van der Waals surface area contributed by atoms with Crippen molar-refractivity contribution in [2.75, 3.05) is 38.0 Å². The van der Waals surface area contributed by atoms with Crippen molar-refractivity contribution in [3.8, 4) is 16.9 Å². The van der Waals surface area contributed by atoms with E-state index < -0.39 is 10.0 Å². The van der Waals surface area contributed by atoms with E-state index in [9.17, 15) is 13.2 Å². The molecule has 0 bridgehead atoms. The van der Waals surface area contributed by atoms with Crippen molar-refractivity contribution in [1.29, 1.82) is 0 Å². The fourth-order valence-electron chi connectivity index (χ4n) is 5.02. The van der Waals surface area contributed by atoms with Crippen molar-refractivity contribution in [2.24, 2.45) is 11.1 Å². The Balaban J connectivity index is 1.81. The lowest BCUT2D eigenvalue weighted by molar-refractivity contribution is 0.181. The minimum Gasteiger partial charge on any atom is -0.496 e. The molecule has 1 aromatic carbocycles. The number of primary sulfonamides is 1. The highest BCUT2D eigenvalue weighted by Crippen LogP contribution is 2.42. The van der Waals surface area contributed by atoms with Gasteiger partial charge in [0.1, 0.15) is 5.75 Å².